The molecule has 0 unspecified atom stereocenters. The molecule has 20 heavy (non-hydrogen) atoms. The minimum Gasteiger partial charge on any atom is -0.493 e. The molecule has 0 aromatic heterocycles. The van der Waals surface area contributed by atoms with Crippen LogP contribution in [0.15, 0.2) is 29.4 Å². The topological polar surface area (TPSA) is 60.3 Å². The molecule has 0 fully saturated rings. The normalized spacial score (nSPS) is 11.6. The molecule has 0 amide bonds. The Morgan fingerprint density at radius 3 is 2.65 bits per heavy atom. The first kappa shape index (κ1) is 16.5. The van der Waals surface area contributed by atoms with Gasteiger partial charge in [0.05, 0.1) is 25.5 Å². The van der Waals surface area contributed by atoms with Crippen LogP contribution < -0.4 is 4.74 Å². The molecule has 0 atom stereocenters. The maximum Gasteiger partial charge on any atom is 0.128 e. The third-order valence-electron chi connectivity index (χ3n) is 2.78. The summed E-state index contributed by atoms with van der Waals surface area (Å²) < 4.78 is 16.0. The summed E-state index contributed by atoms with van der Waals surface area (Å²) >= 11 is 0. The van der Waals surface area contributed by atoms with E-state index in [2.05, 4.69) is 5.16 Å². The maximum atomic E-state index is 9.00. The van der Waals surface area contributed by atoms with Gasteiger partial charge in [-0.15, -0.1) is 0 Å². The third-order valence-corrected chi connectivity index (χ3v) is 2.78. The van der Waals surface area contributed by atoms with E-state index in [0.717, 1.165) is 17.7 Å². The van der Waals surface area contributed by atoms with E-state index in [9.17, 15) is 0 Å². The summed E-state index contributed by atoms with van der Waals surface area (Å²) in [6.07, 6.45) is 1.45. The van der Waals surface area contributed by atoms with Crippen LogP contribution >= 0.6 is 0 Å². The molecule has 0 saturated carbocycles. The van der Waals surface area contributed by atoms with Gasteiger partial charge >= 0.3 is 0 Å². The van der Waals surface area contributed by atoms with Crippen LogP contribution in [-0.2, 0) is 9.47 Å². The fourth-order valence-electron chi connectivity index (χ4n) is 1.73. The van der Waals surface area contributed by atoms with Gasteiger partial charge < -0.3 is 19.4 Å². The SMILES string of the molecule is CC/C(=N/O)c1ccccc1OCCCOCCOC. The van der Waals surface area contributed by atoms with Gasteiger partial charge in [0.15, 0.2) is 0 Å². The average Bonchev–Trinajstić information content (AvgIpc) is 2.49. The lowest BCUT2D eigenvalue weighted by Crippen LogP contribution is -2.09. The van der Waals surface area contributed by atoms with Crippen molar-refractivity contribution in [2.24, 2.45) is 5.16 Å². The van der Waals surface area contributed by atoms with Crippen LogP contribution in [0.4, 0.5) is 0 Å². The Morgan fingerprint density at radius 2 is 1.95 bits per heavy atom. The van der Waals surface area contributed by atoms with Crippen molar-refractivity contribution in [2.45, 2.75) is 19.8 Å². The summed E-state index contributed by atoms with van der Waals surface area (Å²) in [4.78, 5) is 0. The second kappa shape index (κ2) is 10.2. The lowest BCUT2D eigenvalue weighted by Gasteiger charge is -2.11. The van der Waals surface area contributed by atoms with Crippen molar-refractivity contribution >= 4 is 5.71 Å². The number of ether oxygens (including phenoxy) is 3. The van der Waals surface area contributed by atoms with Gasteiger partial charge in [-0.05, 0) is 18.6 Å². The summed E-state index contributed by atoms with van der Waals surface area (Å²) in [5.41, 5.74) is 1.45. The number of hydrogen-bond acceptors (Lipinski definition) is 5. The second-order valence-electron chi connectivity index (χ2n) is 4.20. The van der Waals surface area contributed by atoms with E-state index >= 15 is 0 Å². The molecule has 5 heteroatoms. The zero-order valence-corrected chi connectivity index (χ0v) is 12.2. The Morgan fingerprint density at radius 1 is 1.15 bits per heavy atom. The second-order valence-corrected chi connectivity index (χ2v) is 4.20. The third kappa shape index (κ3) is 5.59. The van der Waals surface area contributed by atoms with Crippen molar-refractivity contribution < 1.29 is 19.4 Å². The largest absolute Gasteiger partial charge is 0.493 e. The summed E-state index contributed by atoms with van der Waals surface area (Å²) in [7, 11) is 1.65. The highest BCUT2D eigenvalue weighted by Crippen LogP contribution is 2.20. The molecular weight excluding hydrogens is 258 g/mol. The molecule has 1 aromatic carbocycles. The zero-order chi connectivity index (χ0) is 14.6. The molecule has 0 spiro atoms. The van der Waals surface area contributed by atoms with E-state index in [-0.39, 0.29) is 0 Å². The summed E-state index contributed by atoms with van der Waals surface area (Å²) in [6, 6.07) is 7.57. The highest BCUT2D eigenvalue weighted by atomic mass is 16.5. The number of nitrogens with zero attached hydrogens (tertiary/aromatic N) is 1. The molecular formula is C15H23NO4. The van der Waals surface area contributed by atoms with Crippen LogP contribution in [0.2, 0.25) is 0 Å². The summed E-state index contributed by atoms with van der Waals surface area (Å²) in [5, 5.41) is 12.3. The van der Waals surface area contributed by atoms with Gasteiger partial charge in [-0.1, -0.05) is 24.2 Å². The zero-order valence-electron chi connectivity index (χ0n) is 12.2. The van der Waals surface area contributed by atoms with E-state index in [0.29, 0.717) is 38.6 Å². The van der Waals surface area contributed by atoms with Crippen LogP contribution in [0, 0.1) is 0 Å². The molecule has 0 aliphatic heterocycles. The van der Waals surface area contributed by atoms with Crippen LogP contribution in [0.1, 0.15) is 25.3 Å². The fourth-order valence-corrected chi connectivity index (χ4v) is 1.73. The van der Waals surface area contributed by atoms with E-state index < -0.39 is 0 Å². The molecule has 1 N–H and O–H groups in total. The first-order valence-corrected chi connectivity index (χ1v) is 6.83. The van der Waals surface area contributed by atoms with E-state index in [1.54, 1.807) is 7.11 Å². The number of rotatable bonds is 10. The molecule has 0 radical (unpaired) electrons. The quantitative estimate of drug-likeness (QED) is 0.310. The molecule has 0 saturated heterocycles. The molecule has 0 heterocycles. The van der Waals surface area contributed by atoms with Gasteiger partial charge in [-0.25, -0.2) is 0 Å². The van der Waals surface area contributed by atoms with Crippen molar-refractivity contribution in [1.29, 1.82) is 0 Å². The molecule has 0 aliphatic carbocycles. The van der Waals surface area contributed by atoms with Crippen molar-refractivity contribution in [2.75, 3.05) is 33.5 Å². The predicted octanol–water partition coefficient (Wildman–Crippen LogP) is 2.71. The molecule has 112 valence electrons. The molecule has 5 nitrogen and oxygen atoms in total. The van der Waals surface area contributed by atoms with Gasteiger partial charge in [0, 0.05) is 25.7 Å². The Bertz CT molecular complexity index is 407. The number of benzene rings is 1. The van der Waals surface area contributed by atoms with Crippen molar-refractivity contribution in [3.05, 3.63) is 29.8 Å². The smallest absolute Gasteiger partial charge is 0.128 e. The van der Waals surface area contributed by atoms with Gasteiger partial charge in [0.2, 0.25) is 0 Å². The van der Waals surface area contributed by atoms with Crippen molar-refractivity contribution in [3.63, 3.8) is 0 Å². The van der Waals surface area contributed by atoms with Gasteiger partial charge in [0.25, 0.3) is 0 Å². The average molecular weight is 281 g/mol. The highest BCUT2D eigenvalue weighted by molar-refractivity contribution is 6.02. The van der Waals surface area contributed by atoms with Crippen LogP contribution in [0.25, 0.3) is 0 Å². The molecule has 1 rings (SSSR count). The fraction of sp³-hybridized carbons (Fsp3) is 0.533. The Balaban J connectivity index is 2.40. The van der Waals surface area contributed by atoms with Gasteiger partial charge in [-0.3, -0.25) is 0 Å². The number of hydrogen-bond donors (Lipinski definition) is 1. The number of methoxy groups -OCH3 is 1. The lowest BCUT2D eigenvalue weighted by atomic mass is 10.1. The summed E-state index contributed by atoms with van der Waals surface area (Å²) in [5.74, 6) is 0.735. The molecule has 1 aromatic rings. The van der Waals surface area contributed by atoms with Crippen LogP contribution in [0.5, 0.6) is 5.75 Å². The first-order valence-electron chi connectivity index (χ1n) is 6.83. The van der Waals surface area contributed by atoms with Crippen LogP contribution in [0.3, 0.4) is 0 Å². The Kier molecular flexibility index (Phi) is 8.42. The number of oxime groups is 1. The minimum atomic E-state index is 0.562. The van der Waals surface area contributed by atoms with Gasteiger partial charge in [-0.2, -0.15) is 0 Å². The van der Waals surface area contributed by atoms with Gasteiger partial charge in [0.1, 0.15) is 5.75 Å². The van der Waals surface area contributed by atoms with Crippen molar-refractivity contribution in [3.8, 4) is 5.75 Å². The van der Waals surface area contributed by atoms with E-state index in [1.807, 2.05) is 31.2 Å². The van der Waals surface area contributed by atoms with E-state index in [1.165, 1.54) is 0 Å². The monoisotopic (exact) mass is 281 g/mol. The van der Waals surface area contributed by atoms with E-state index in [4.69, 9.17) is 19.4 Å². The first-order chi connectivity index (χ1) is 9.83. The number of para-hydroxylation sites is 1. The minimum absolute atomic E-state index is 0.562. The lowest BCUT2D eigenvalue weighted by molar-refractivity contribution is 0.0644. The Labute approximate surface area is 120 Å². The predicted molar refractivity (Wildman–Crippen MR) is 77.9 cm³/mol. The van der Waals surface area contributed by atoms with Crippen molar-refractivity contribution in [1.82, 2.24) is 0 Å². The highest BCUT2D eigenvalue weighted by Gasteiger charge is 2.08. The molecule has 0 bridgehead atoms. The standard InChI is InChI=1S/C15H23NO4/c1-3-14(16-17)13-7-4-5-8-15(13)20-10-6-9-19-12-11-18-2/h4-5,7-8,17H,3,6,9-12H2,1-2H3/b16-14-. The van der Waals surface area contributed by atoms with Crippen LogP contribution in [-0.4, -0.2) is 44.5 Å². The molecule has 0 aliphatic rings. The Hall–Kier alpha value is -1.59. The maximum absolute atomic E-state index is 9.00. The summed E-state index contributed by atoms with van der Waals surface area (Å²) in [6.45, 7) is 4.35.